The minimum absolute atomic E-state index is 0.0209. The summed E-state index contributed by atoms with van der Waals surface area (Å²) in [6, 6.07) is 3.60. The topological polar surface area (TPSA) is 0 Å². The molecule has 29 heavy (non-hydrogen) atoms. The highest BCUT2D eigenvalue weighted by atomic mass is 19.4. The van der Waals surface area contributed by atoms with Gasteiger partial charge in [0, 0.05) is 11.6 Å². The Hall–Kier alpha value is -2.31. The number of benzene rings is 2. The van der Waals surface area contributed by atoms with Gasteiger partial charge in [0.2, 0.25) is 0 Å². The molecular formula is C22H19F7. The third kappa shape index (κ3) is 5.00. The van der Waals surface area contributed by atoms with Gasteiger partial charge < -0.3 is 0 Å². The molecule has 0 atom stereocenters. The van der Waals surface area contributed by atoms with Crippen LogP contribution in [0.1, 0.15) is 49.7 Å². The molecule has 0 unspecified atom stereocenters. The van der Waals surface area contributed by atoms with E-state index in [1.165, 1.54) is 12.1 Å². The maximum atomic E-state index is 14.6. The summed E-state index contributed by atoms with van der Waals surface area (Å²) >= 11 is 0. The fourth-order valence-electron chi connectivity index (χ4n) is 3.76. The van der Waals surface area contributed by atoms with Crippen molar-refractivity contribution in [3.05, 3.63) is 64.7 Å². The molecule has 1 fully saturated rings. The predicted octanol–water partition coefficient (Wildman–Crippen LogP) is 7.78. The van der Waals surface area contributed by atoms with Crippen LogP contribution < -0.4 is 0 Å². The molecule has 1 aliphatic carbocycles. The largest absolute Gasteiger partial charge is 0.409 e. The summed E-state index contributed by atoms with van der Waals surface area (Å²) in [5.41, 5.74) is -1.45. The Morgan fingerprint density at radius 3 is 1.79 bits per heavy atom. The van der Waals surface area contributed by atoms with Crippen LogP contribution in [0.4, 0.5) is 30.7 Å². The number of allylic oxidation sites excluding steroid dienone is 1. The summed E-state index contributed by atoms with van der Waals surface area (Å²) in [7, 11) is 0. The van der Waals surface area contributed by atoms with Crippen molar-refractivity contribution in [2.24, 2.45) is 5.92 Å². The average Bonchev–Trinajstić information content (AvgIpc) is 2.60. The number of halogens is 7. The lowest BCUT2D eigenvalue weighted by Gasteiger charge is -2.26. The minimum atomic E-state index is -4.75. The molecule has 0 radical (unpaired) electrons. The molecule has 0 aliphatic heterocycles. The number of hydrogen-bond acceptors (Lipinski definition) is 0. The van der Waals surface area contributed by atoms with E-state index in [-0.39, 0.29) is 18.1 Å². The average molecular weight is 416 g/mol. The quantitative estimate of drug-likeness (QED) is 0.448. The number of alkyl halides is 3. The fourth-order valence-corrected chi connectivity index (χ4v) is 3.76. The summed E-state index contributed by atoms with van der Waals surface area (Å²) in [5.74, 6) is -4.02. The Labute approximate surface area is 164 Å². The van der Waals surface area contributed by atoms with E-state index >= 15 is 0 Å². The maximum Gasteiger partial charge on any atom is 0.409 e. The smallest absolute Gasteiger partial charge is 0.206 e. The van der Waals surface area contributed by atoms with Crippen LogP contribution in [0.25, 0.3) is 17.2 Å². The summed E-state index contributed by atoms with van der Waals surface area (Å²) < 4.78 is 94.3. The van der Waals surface area contributed by atoms with Crippen molar-refractivity contribution in [1.29, 1.82) is 0 Å². The Morgan fingerprint density at radius 1 is 0.793 bits per heavy atom. The molecular weight excluding hydrogens is 397 g/mol. The van der Waals surface area contributed by atoms with Crippen LogP contribution in [0.3, 0.4) is 0 Å². The van der Waals surface area contributed by atoms with E-state index in [9.17, 15) is 30.7 Å². The van der Waals surface area contributed by atoms with Crippen LogP contribution in [0.5, 0.6) is 0 Å². The van der Waals surface area contributed by atoms with Crippen LogP contribution in [0.2, 0.25) is 0 Å². The van der Waals surface area contributed by atoms with Gasteiger partial charge in [0.25, 0.3) is 0 Å². The molecule has 1 aliphatic rings. The first-order valence-electron chi connectivity index (χ1n) is 9.29. The van der Waals surface area contributed by atoms with E-state index in [1.807, 2.05) is 0 Å². The molecule has 2 aromatic rings. The lowest BCUT2D eigenvalue weighted by molar-refractivity contribution is -0.0790. The monoisotopic (exact) mass is 416 g/mol. The Bertz CT molecular complexity index is 873. The second kappa shape index (κ2) is 8.20. The van der Waals surface area contributed by atoms with Gasteiger partial charge in [-0.15, -0.1) is 0 Å². The minimum Gasteiger partial charge on any atom is -0.206 e. The third-order valence-electron chi connectivity index (χ3n) is 5.36. The predicted molar refractivity (Wildman–Crippen MR) is 97.2 cm³/mol. The zero-order chi connectivity index (χ0) is 21.3. The molecule has 0 bridgehead atoms. The Morgan fingerprint density at radius 2 is 1.31 bits per heavy atom. The van der Waals surface area contributed by atoms with E-state index in [0.29, 0.717) is 23.6 Å². The summed E-state index contributed by atoms with van der Waals surface area (Å²) in [4.78, 5) is 0. The molecule has 0 heterocycles. The Balaban J connectivity index is 1.95. The van der Waals surface area contributed by atoms with E-state index in [1.54, 1.807) is 0 Å². The van der Waals surface area contributed by atoms with Gasteiger partial charge in [-0.3, -0.25) is 0 Å². The molecule has 0 N–H and O–H groups in total. The number of rotatable bonds is 3. The van der Waals surface area contributed by atoms with Crippen molar-refractivity contribution in [3.8, 4) is 11.1 Å². The van der Waals surface area contributed by atoms with Crippen molar-refractivity contribution in [1.82, 2.24) is 0 Å². The van der Waals surface area contributed by atoms with Gasteiger partial charge in [0.05, 0.1) is 5.56 Å². The highest BCUT2D eigenvalue weighted by molar-refractivity contribution is 5.68. The Kier molecular flexibility index (Phi) is 6.05. The standard InChI is InChI=1S/C22H19F7/c1-12-2-4-13(5-3-12)14-8-19(25)21(20(26)9-14)15-10-17(23)16(18(24)11-15)6-7-22(27,28)29/h6-13H,2-5H2,1H3/b7-6+. The lowest BCUT2D eigenvalue weighted by Crippen LogP contribution is -2.11. The summed E-state index contributed by atoms with van der Waals surface area (Å²) in [6.45, 7) is 2.12. The highest BCUT2D eigenvalue weighted by Gasteiger charge is 2.25. The zero-order valence-electron chi connectivity index (χ0n) is 15.6. The van der Waals surface area contributed by atoms with Crippen LogP contribution in [-0.4, -0.2) is 6.18 Å². The van der Waals surface area contributed by atoms with Crippen molar-refractivity contribution in [2.75, 3.05) is 0 Å². The van der Waals surface area contributed by atoms with Crippen molar-refractivity contribution in [3.63, 3.8) is 0 Å². The van der Waals surface area contributed by atoms with Crippen molar-refractivity contribution >= 4 is 6.08 Å². The van der Waals surface area contributed by atoms with Crippen LogP contribution in [-0.2, 0) is 0 Å². The van der Waals surface area contributed by atoms with Crippen molar-refractivity contribution < 1.29 is 30.7 Å². The molecule has 2 aromatic carbocycles. The molecule has 1 saturated carbocycles. The summed E-state index contributed by atoms with van der Waals surface area (Å²) in [5, 5.41) is 0. The van der Waals surface area contributed by atoms with Gasteiger partial charge in [-0.2, -0.15) is 13.2 Å². The van der Waals surface area contributed by atoms with E-state index in [2.05, 4.69) is 6.92 Å². The van der Waals surface area contributed by atoms with Crippen LogP contribution >= 0.6 is 0 Å². The van der Waals surface area contributed by atoms with Gasteiger partial charge >= 0.3 is 6.18 Å². The molecule has 0 spiro atoms. The maximum absolute atomic E-state index is 14.6. The molecule has 3 rings (SSSR count). The second-order valence-electron chi connectivity index (χ2n) is 7.54. The van der Waals surface area contributed by atoms with Gasteiger partial charge in [0.1, 0.15) is 23.3 Å². The van der Waals surface area contributed by atoms with Crippen molar-refractivity contribution in [2.45, 2.75) is 44.7 Å². The molecule has 0 nitrogen and oxygen atoms in total. The van der Waals surface area contributed by atoms with Gasteiger partial charge in [-0.05, 0) is 66.1 Å². The summed E-state index contributed by atoms with van der Waals surface area (Å²) in [6.07, 6.45) is -1.28. The zero-order valence-corrected chi connectivity index (χ0v) is 15.6. The second-order valence-corrected chi connectivity index (χ2v) is 7.54. The molecule has 0 amide bonds. The first kappa shape index (κ1) is 21.4. The molecule has 156 valence electrons. The SMILES string of the molecule is CC1CCC(c2cc(F)c(-c3cc(F)c(/C=C/C(F)(F)F)c(F)c3)c(F)c2)CC1. The van der Waals surface area contributed by atoms with E-state index in [0.717, 1.165) is 25.7 Å². The number of hydrogen-bond donors (Lipinski definition) is 0. The van der Waals surface area contributed by atoms with Gasteiger partial charge in [-0.1, -0.05) is 19.8 Å². The molecule has 7 heteroatoms. The fraction of sp³-hybridized carbons (Fsp3) is 0.364. The van der Waals surface area contributed by atoms with Crippen LogP contribution in [0.15, 0.2) is 30.3 Å². The first-order valence-corrected chi connectivity index (χ1v) is 9.29. The van der Waals surface area contributed by atoms with Gasteiger partial charge in [0.15, 0.2) is 0 Å². The highest BCUT2D eigenvalue weighted by Crippen LogP contribution is 2.38. The molecule has 0 saturated heterocycles. The van der Waals surface area contributed by atoms with E-state index < -0.39 is 46.1 Å². The first-order chi connectivity index (χ1) is 13.5. The lowest BCUT2D eigenvalue weighted by atomic mass is 9.79. The van der Waals surface area contributed by atoms with Crippen LogP contribution in [0, 0.1) is 29.2 Å². The van der Waals surface area contributed by atoms with Gasteiger partial charge in [-0.25, -0.2) is 17.6 Å². The third-order valence-corrected chi connectivity index (χ3v) is 5.36. The molecule has 0 aromatic heterocycles. The van der Waals surface area contributed by atoms with E-state index in [4.69, 9.17) is 0 Å². The normalized spacial score (nSPS) is 20.4.